The SMILES string of the molecule is COC(=O)C(C(=O)OC)C(=CCC[C@H](C)CCC[C@H](C)CCCC(C)C)Oc1cc(C)c(OC)c(C)c1C. The molecule has 216 valence electrons. The minimum Gasteiger partial charge on any atom is -0.496 e. The van der Waals surface area contributed by atoms with Crippen LogP contribution < -0.4 is 9.47 Å². The summed E-state index contributed by atoms with van der Waals surface area (Å²) >= 11 is 0. The van der Waals surface area contributed by atoms with Gasteiger partial charge in [-0.3, -0.25) is 9.59 Å². The molecule has 0 fully saturated rings. The summed E-state index contributed by atoms with van der Waals surface area (Å²) in [4.78, 5) is 25.2. The molecule has 1 aromatic carbocycles. The molecule has 0 saturated carbocycles. The molecule has 0 radical (unpaired) electrons. The topological polar surface area (TPSA) is 71.1 Å². The van der Waals surface area contributed by atoms with Crippen molar-refractivity contribution in [2.75, 3.05) is 21.3 Å². The van der Waals surface area contributed by atoms with Gasteiger partial charge in [0, 0.05) is 0 Å². The smallest absolute Gasteiger partial charge is 0.327 e. The maximum absolute atomic E-state index is 12.6. The second-order valence-electron chi connectivity index (χ2n) is 11.2. The van der Waals surface area contributed by atoms with E-state index < -0.39 is 17.9 Å². The molecular formula is C32H52O6. The highest BCUT2D eigenvalue weighted by atomic mass is 16.6. The fraction of sp³-hybridized carbons (Fsp3) is 0.688. The van der Waals surface area contributed by atoms with Gasteiger partial charge in [0.1, 0.15) is 17.3 Å². The van der Waals surface area contributed by atoms with Crippen molar-refractivity contribution in [1.82, 2.24) is 0 Å². The van der Waals surface area contributed by atoms with Gasteiger partial charge in [-0.25, -0.2) is 0 Å². The molecule has 2 atom stereocenters. The van der Waals surface area contributed by atoms with E-state index in [1.807, 2.05) is 32.9 Å². The second-order valence-corrected chi connectivity index (χ2v) is 11.2. The van der Waals surface area contributed by atoms with E-state index in [2.05, 4.69) is 27.7 Å². The zero-order valence-electron chi connectivity index (χ0n) is 25.6. The van der Waals surface area contributed by atoms with Crippen molar-refractivity contribution in [2.24, 2.45) is 23.7 Å². The number of esters is 2. The van der Waals surface area contributed by atoms with Crippen molar-refractivity contribution in [2.45, 2.75) is 99.8 Å². The largest absolute Gasteiger partial charge is 0.496 e. The molecule has 6 heteroatoms. The van der Waals surface area contributed by atoms with E-state index in [1.54, 1.807) is 7.11 Å². The third kappa shape index (κ3) is 10.7. The fourth-order valence-electron chi connectivity index (χ4n) is 4.84. The molecule has 1 rings (SSSR count). The molecule has 0 aliphatic heterocycles. The summed E-state index contributed by atoms with van der Waals surface area (Å²) in [5.74, 6) is 0.980. The van der Waals surface area contributed by atoms with E-state index in [0.29, 0.717) is 18.1 Å². The average Bonchev–Trinajstić information content (AvgIpc) is 2.86. The number of hydrogen-bond acceptors (Lipinski definition) is 6. The van der Waals surface area contributed by atoms with Gasteiger partial charge in [0.2, 0.25) is 5.92 Å². The van der Waals surface area contributed by atoms with Crippen LogP contribution in [-0.4, -0.2) is 33.3 Å². The van der Waals surface area contributed by atoms with Gasteiger partial charge in [0.05, 0.1) is 21.3 Å². The van der Waals surface area contributed by atoms with Gasteiger partial charge < -0.3 is 18.9 Å². The lowest BCUT2D eigenvalue weighted by atomic mass is 9.92. The first-order valence-corrected chi connectivity index (χ1v) is 14.1. The number of aryl methyl sites for hydroxylation is 1. The van der Waals surface area contributed by atoms with Crippen molar-refractivity contribution >= 4 is 11.9 Å². The van der Waals surface area contributed by atoms with Crippen LogP contribution in [0.3, 0.4) is 0 Å². The second kappa shape index (κ2) is 17.2. The van der Waals surface area contributed by atoms with E-state index in [1.165, 1.54) is 46.3 Å². The molecule has 0 heterocycles. The maximum Gasteiger partial charge on any atom is 0.327 e. The first kappa shape index (κ1) is 33.5. The van der Waals surface area contributed by atoms with Crippen molar-refractivity contribution < 1.29 is 28.5 Å². The number of hydrogen-bond donors (Lipinski definition) is 0. The van der Waals surface area contributed by atoms with Gasteiger partial charge in [-0.2, -0.15) is 0 Å². The fourth-order valence-corrected chi connectivity index (χ4v) is 4.84. The van der Waals surface area contributed by atoms with Crippen molar-refractivity contribution in [3.05, 3.63) is 34.6 Å². The molecule has 0 aromatic heterocycles. The number of carbonyl (C=O) groups is 2. The Morgan fingerprint density at radius 3 is 1.82 bits per heavy atom. The predicted octanol–water partition coefficient (Wildman–Crippen LogP) is 7.89. The van der Waals surface area contributed by atoms with Crippen LogP contribution >= 0.6 is 0 Å². The molecule has 0 aliphatic rings. The Labute approximate surface area is 231 Å². The minimum atomic E-state index is -1.28. The Bertz CT molecular complexity index is 901. The van der Waals surface area contributed by atoms with Gasteiger partial charge in [0.25, 0.3) is 0 Å². The normalized spacial score (nSPS) is 13.4. The lowest BCUT2D eigenvalue weighted by molar-refractivity contribution is -0.157. The maximum atomic E-state index is 12.6. The molecule has 0 unspecified atom stereocenters. The Kier molecular flexibility index (Phi) is 15.1. The molecular weight excluding hydrogens is 480 g/mol. The van der Waals surface area contributed by atoms with Gasteiger partial charge in [0.15, 0.2) is 0 Å². The van der Waals surface area contributed by atoms with Crippen molar-refractivity contribution in [3.8, 4) is 11.5 Å². The van der Waals surface area contributed by atoms with Crippen LogP contribution in [-0.2, 0) is 19.1 Å². The van der Waals surface area contributed by atoms with Crippen LogP contribution in [0.2, 0.25) is 0 Å². The van der Waals surface area contributed by atoms with Gasteiger partial charge >= 0.3 is 11.9 Å². The van der Waals surface area contributed by atoms with Crippen LogP contribution in [0.1, 0.15) is 95.8 Å². The molecule has 38 heavy (non-hydrogen) atoms. The molecule has 1 aromatic rings. The number of benzene rings is 1. The zero-order valence-corrected chi connectivity index (χ0v) is 25.6. The Morgan fingerprint density at radius 2 is 1.32 bits per heavy atom. The Hall–Kier alpha value is -2.50. The highest BCUT2D eigenvalue weighted by molar-refractivity contribution is 5.97. The molecule has 0 bridgehead atoms. The Morgan fingerprint density at radius 1 is 0.789 bits per heavy atom. The van der Waals surface area contributed by atoms with E-state index in [-0.39, 0.29) is 5.76 Å². The monoisotopic (exact) mass is 532 g/mol. The third-order valence-corrected chi connectivity index (χ3v) is 7.45. The lowest BCUT2D eigenvalue weighted by Crippen LogP contribution is -2.30. The summed E-state index contributed by atoms with van der Waals surface area (Å²) in [6.45, 7) is 15.0. The van der Waals surface area contributed by atoms with E-state index in [9.17, 15) is 9.59 Å². The summed E-state index contributed by atoms with van der Waals surface area (Å²) in [6.07, 6.45) is 11.0. The summed E-state index contributed by atoms with van der Waals surface area (Å²) in [7, 11) is 4.16. The third-order valence-electron chi connectivity index (χ3n) is 7.45. The number of methoxy groups -OCH3 is 3. The number of ether oxygens (including phenoxy) is 4. The highest BCUT2D eigenvalue weighted by Crippen LogP contribution is 2.35. The van der Waals surface area contributed by atoms with Crippen LogP contribution in [0, 0.1) is 44.4 Å². The lowest BCUT2D eigenvalue weighted by Gasteiger charge is -2.21. The quantitative estimate of drug-likeness (QED) is 0.115. The molecule has 0 aliphatic carbocycles. The van der Waals surface area contributed by atoms with Crippen LogP contribution in [0.25, 0.3) is 0 Å². The van der Waals surface area contributed by atoms with Gasteiger partial charge in [-0.15, -0.1) is 0 Å². The van der Waals surface area contributed by atoms with Crippen molar-refractivity contribution in [1.29, 1.82) is 0 Å². The minimum absolute atomic E-state index is 0.238. The molecule has 0 N–H and O–H groups in total. The van der Waals surface area contributed by atoms with Crippen molar-refractivity contribution in [3.63, 3.8) is 0 Å². The zero-order chi connectivity index (χ0) is 28.8. The van der Waals surface area contributed by atoms with Crippen LogP contribution in [0.5, 0.6) is 11.5 Å². The first-order valence-electron chi connectivity index (χ1n) is 14.1. The summed E-state index contributed by atoms with van der Waals surface area (Å²) in [6, 6.07) is 1.87. The predicted molar refractivity (Wildman–Crippen MR) is 154 cm³/mol. The molecule has 0 amide bonds. The number of rotatable bonds is 17. The summed E-state index contributed by atoms with van der Waals surface area (Å²) in [5.41, 5.74) is 2.73. The number of carbonyl (C=O) groups excluding carboxylic acids is 2. The standard InChI is InChI=1S/C32H52O6/c1-21(2)14-11-15-22(3)16-12-17-23(4)18-13-19-27(29(31(33)36-9)32(34)37-10)38-28-20-24(5)30(35-8)26(7)25(28)6/h19-23,29H,11-18H2,1-10H3/t22-,23-/m1/s1. The van der Waals surface area contributed by atoms with E-state index >= 15 is 0 Å². The van der Waals surface area contributed by atoms with Crippen LogP contribution in [0.4, 0.5) is 0 Å². The summed E-state index contributed by atoms with van der Waals surface area (Å²) in [5, 5.41) is 0. The van der Waals surface area contributed by atoms with Gasteiger partial charge in [-0.05, 0) is 80.2 Å². The van der Waals surface area contributed by atoms with E-state index in [0.717, 1.165) is 47.1 Å². The molecule has 0 spiro atoms. The van der Waals surface area contributed by atoms with E-state index in [4.69, 9.17) is 18.9 Å². The molecule has 6 nitrogen and oxygen atoms in total. The number of allylic oxidation sites excluding steroid dienone is 1. The summed E-state index contributed by atoms with van der Waals surface area (Å²) < 4.78 is 21.7. The van der Waals surface area contributed by atoms with Crippen LogP contribution in [0.15, 0.2) is 17.9 Å². The highest BCUT2D eigenvalue weighted by Gasteiger charge is 2.35. The molecule has 0 saturated heterocycles. The first-order chi connectivity index (χ1) is 18.0. The van der Waals surface area contributed by atoms with Gasteiger partial charge in [-0.1, -0.05) is 66.2 Å². The average molecular weight is 533 g/mol. The Balaban J connectivity index is 2.97.